The Hall–Kier alpha value is -2.11. The molecule has 0 fully saturated rings. The Bertz CT molecular complexity index is 535. The van der Waals surface area contributed by atoms with Crippen molar-refractivity contribution in [2.75, 3.05) is 13.2 Å². The minimum atomic E-state index is -0.973. The number of amides is 1. The SMILES string of the molecule is O=C(NCC(O)CO)c1occc1-c1ccccc1. The van der Waals surface area contributed by atoms with Crippen LogP contribution < -0.4 is 5.32 Å². The summed E-state index contributed by atoms with van der Waals surface area (Å²) < 4.78 is 5.19. The van der Waals surface area contributed by atoms with Gasteiger partial charge in [0.25, 0.3) is 5.91 Å². The largest absolute Gasteiger partial charge is 0.459 e. The lowest BCUT2D eigenvalue weighted by molar-refractivity contribution is 0.0784. The molecule has 1 aromatic heterocycles. The van der Waals surface area contributed by atoms with Crippen molar-refractivity contribution in [2.45, 2.75) is 6.10 Å². The van der Waals surface area contributed by atoms with Gasteiger partial charge in [-0.15, -0.1) is 0 Å². The number of rotatable bonds is 5. The van der Waals surface area contributed by atoms with E-state index in [1.807, 2.05) is 30.3 Å². The average Bonchev–Trinajstić information content (AvgIpc) is 2.94. The molecular formula is C14H15NO4. The van der Waals surface area contributed by atoms with Crippen LogP contribution in [0.25, 0.3) is 11.1 Å². The van der Waals surface area contributed by atoms with Crippen LogP contribution in [0.1, 0.15) is 10.6 Å². The number of aliphatic hydroxyl groups excluding tert-OH is 2. The molecule has 19 heavy (non-hydrogen) atoms. The van der Waals surface area contributed by atoms with Crippen LogP contribution in [-0.2, 0) is 0 Å². The van der Waals surface area contributed by atoms with Gasteiger partial charge in [-0.3, -0.25) is 4.79 Å². The van der Waals surface area contributed by atoms with Crippen molar-refractivity contribution < 1.29 is 19.4 Å². The lowest BCUT2D eigenvalue weighted by Crippen LogP contribution is -2.33. The quantitative estimate of drug-likeness (QED) is 0.750. The molecule has 0 aliphatic rings. The minimum absolute atomic E-state index is 0.0235. The van der Waals surface area contributed by atoms with Gasteiger partial charge in [-0.1, -0.05) is 30.3 Å². The van der Waals surface area contributed by atoms with Gasteiger partial charge in [0.15, 0.2) is 5.76 Å². The van der Waals surface area contributed by atoms with Crippen LogP contribution >= 0.6 is 0 Å². The maximum Gasteiger partial charge on any atom is 0.287 e. The number of nitrogens with one attached hydrogen (secondary N) is 1. The van der Waals surface area contributed by atoms with E-state index in [0.29, 0.717) is 5.56 Å². The van der Waals surface area contributed by atoms with Crippen LogP contribution in [-0.4, -0.2) is 35.4 Å². The molecule has 0 aliphatic carbocycles. The summed E-state index contributed by atoms with van der Waals surface area (Å²) >= 11 is 0. The van der Waals surface area contributed by atoms with Gasteiger partial charge in [0.1, 0.15) is 0 Å². The van der Waals surface area contributed by atoms with Crippen LogP contribution in [0.2, 0.25) is 0 Å². The van der Waals surface area contributed by atoms with E-state index in [1.54, 1.807) is 6.07 Å². The molecule has 5 heteroatoms. The molecule has 0 spiro atoms. The minimum Gasteiger partial charge on any atom is -0.459 e. The molecule has 1 amide bonds. The van der Waals surface area contributed by atoms with Crippen LogP contribution in [0, 0.1) is 0 Å². The summed E-state index contributed by atoms with van der Waals surface area (Å²) in [5, 5.41) is 20.4. The Labute approximate surface area is 110 Å². The fourth-order valence-corrected chi connectivity index (χ4v) is 1.69. The third kappa shape index (κ3) is 3.21. The van der Waals surface area contributed by atoms with Crippen LogP contribution in [0.5, 0.6) is 0 Å². The zero-order chi connectivity index (χ0) is 13.7. The lowest BCUT2D eigenvalue weighted by Gasteiger charge is -2.08. The molecule has 2 aromatic rings. The molecule has 3 N–H and O–H groups in total. The maximum absolute atomic E-state index is 11.9. The fourth-order valence-electron chi connectivity index (χ4n) is 1.69. The summed E-state index contributed by atoms with van der Waals surface area (Å²) in [6.07, 6.45) is 0.471. The van der Waals surface area contributed by atoms with Gasteiger partial charge in [-0.25, -0.2) is 0 Å². The summed E-state index contributed by atoms with van der Waals surface area (Å²) in [6, 6.07) is 11.1. The Morgan fingerprint density at radius 1 is 1.26 bits per heavy atom. The van der Waals surface area contributed by atoms with Gasteiger partial charge >= 0.3 is 0 Å². The summed E-state index contributed by atoms with van der Waals surface area (Å²) in [6.45, 7) is -0.422. The molecule has 2 rings (SSSR count). The van der Waals surface area contributed by atoms with Gasteiger partial charge in [-0.05, 0) is 11.6 Å². The first kappa shape index (κ1) is 13.3. The monoisotopic (exact) mass is 261 g/mol. The van der Waals surface area contributed by atoms with E-state index in [9.17, 15) is 9.90 Å². The Morgan fingerprint density at radius 2 is 2.00 bits per heavy atom. The molecule has 0 saturated heterocycles. The number of carbonyl (C=O) groups excluding carboxylic acids is 1. The summed E-state index contributed by atoms with van der Waals surface area (Å²) in [4.78, 5) is 11.9. The van der Waals surface area contributed by atoms with Crippen molar-refractivity contribution >= 4 is 5.91 Å². The Kier molecular flexibility index (Phi) is 4.33. The van der Waals surface area contributed by atoms with Crippen molar-refractivity contribution in [2.24, 2.45) is 0 Å². The maximum atomic E-state index is 11.9. The molecule has 0 radical (unpaired) electrons. The molecule has 1 unspecified atom stereocenters. The van der Waals surface area contributed by atoms with Crippen LogP contribution in [0.3, 0.4) is 0 Å². The predicted molar refractivity (Wildman–Crippen MR) is 69.6 cm³/mol. The second-order valence-electron chi connectivity index (χ2n) is 4.08. The van der Waals surface area contributed by atoms with Crippen molar-refractivity contribution in [3.8, 4) is 11.1 Å². The van der Waals surface area contributed by atoms with E-state index in [-0.39, 0.29) is 12.3 Å². The highest BCUT2D eigenvalue weighted by Gasteiger charge is 2.17. The summed E-state index contributed by atoms with van der Waals surface area (Å²) in [5.74, 6) is -0.229. The van der Waals surface area contributed by atoms with E-state index in [2.05, 4.69) is 5.32 Å². The molecule has 1 aromatic carbocycles. The third-order valence-corrected chi connectivity index (χ3v) is 2.67. The van der Waals surface area contributed by atoms with E-state index >= 15 is 0 Å². The molecule has 0 bridgehead atoms. The molecule has 100 valence electrons. The topological polar surface area (TPSA) is 82.7 Å². The first-order valence-corrected chi connectivity index (χ1v) is 5.92. The highest BCUT2D eigenvalue weighted by Crippen LogP contribution is 2.24. The van der Waals surface area contributed by atoms with Gasteiger partial charge < -0.3 is 19.9 Å². The summed E-state index contributed by atoms with van der Waals surface area (Å²) in [5.41, 5.74) is 1.57. The highest BCUT2D eigenvalue weighted by atomic mass is 16.3. The fraction of sp³-hybridized carbons (Fsp3) is 0.214. The second-order valence-corrected chi connectivity index (χ2v) is 4.08. The van der Waals surface area contributed by atoms with Crippen molar-refractivity contribution in [3.05, 3.63) is 48.4 Å². The number of hydrogen-bond donors (Lipinski definition) is 3. The smallest absolute Gasteiger partial charge is 0.287 e. The first-order valence-electron chi connectivity index (χ1n) is 5.92. The normalized spacial score (nSPS) is 12.1. The van der Waals surface area contributed by atoms with Crippen molar-refractivity contribution in [1.29, 1.82) is 0 Å². The Morgan fingerprint density at radius 3 is 2.68 bits per heavy atom. The number of aliphatic hydroxyl groups is 2. The number of carbonyl (C=O) groups is 1. The summed E-state index contributed by atoms with van der Waals surface area (Å²) in [7, 11) is 0. The number of furan rings is 1. The van der Waals surface area contributed by atoms with E-state index < -0.39 is 18.6 Å². The van der Waals surface area contributed by atoms with Gasteiger partial charge in [0, 0.05) is 12.1 Å². The molecule has 1 atom stereocenters. The van der Waals surface area contributed by atoms with Gasteiger partial charge in [0.2, 0.25) is 0 Å². The predicted octanol–water partition coefficient (Wildman–Crippen LogP) is 1.03. The lowest BCUT2D eigenvalue weighted by atomic mass is 10.1. The van der Waals surface area contributed by atoms with Crippen LogP contribution in [0.15, 0.2) is 47.1 Å². The number of benzene rings is 1. The van der Waals surface area contributed by atoms with Gasteiger partial charge in [0.05, 0.1) is 19.0 Å². The van der Waals surface area contributed by atoms with Crippen molar-refractivity contribution in [1.82, 2.24) is 5.32 Å². The Balaban J connectivity index is 2.14. The highest BCUT2D eigenvalue weighted by molar-refractivity contribution is 5.98. The third-order valence-electron chi connectivity index (χ3n) is 2.67. The first-order chi connectivity index (χ1) is 9.22. The zero-order valence-corrected chi connectivity index (χ0v) is 10.2. The van der Waals surface area contributed by atoms with E-state index in [0.717, 1.165) is 5.56 Å². The van der Waals surface area contributed by atoms with Crippen LogP contribution in [0.4, 0.5) is 0 Å². The van der Waals surface area contributed by atoms with Gasteiger partial charge in [-0.2, -0.15) is 0 Å². The number of hydrogen-bond acceptors (Lipinski definition) is 4. The van der Waals surface area contributed by atoms with E-state index in [1.165, 1.54) is 6.26 Å². The molecule has 1 heterocycles. The molecule has 0 saturated carbocycles. The molecule has 0 aliphatic heterocycles. The van der Waals surface area contributed by atoms with E-state index in [4.69, 9.17) is 9.52 Å². The standard InChI is InChI=1S/C14H15NO4/c16-9-11(17)8-15-14(18)13-12(6-7-19-13)10-4-2-1-3-5-10/h1-7,11,16-17H,8-9H2,(H,15,18). The average molecular weight is 261 g/mol. The second kappa shape index (κ2) is 6.17. The molecular weight excluding hydrogens is 246 g/mol. The zero-order valence-electron chi connectivity index (χ0n) is 10.2. The van der Waals surface area contributed by atoms with Crippen molar-refractivity contribution in [3.63, 3.8) is 0 Å². The molecule has 5 nitrogen and oxygen atoms in total.